The van der Waals surface area contributed by atoms with Gasteiger partial charge in [0.1, 0.15) is 17.4 Å². The number of oxazole rings is 1. The second kappa shape index (κ2) is 7.52. The summed E-state index contributed by atoms with van der Waals surface area (Å²) in [6, 6.07) is 9.76. The monoisotopic (exact) mass is 413 g/mol. The molecule has 1 aliphatic rings. The van der Waals surface area contributed by atoms with Crippen LogP contribution in [-0.2, 0) is 0 Å². The Morgan fingerprint density at radius 1 is 1.23 bits per heavy atom. The van der Waals surface area contributed by atoms with E-state index < -0.39 is 0 Å². The molecule has 4 aromatic rings. The second-order valence-electron chi connectivity index (χ2n) is 8.08. The van der Waals surface area contributed by atoms with Crippen LogP contribution >= 0.6 is 0 Å². The Morgan fingerprint density at radius 3 is 2.81 bits per heavy atom. The van der Waals surface area contributed by atoms with Crippen LogP contribution in [-0.4, -0.2) is 44.8 Å². The highest BCUT2D eigenvalue weighted by molar-refractivity contribution is 5.84. The zero-order valence-electron chi connectivity index (χ0n) is 17.5. The molecule has 1 aromatic carbocycles. The minimum absolute atomic E-state index is 0.328. The van der Waals surface area contributed by atoms with Crippen molar-refractivity contribution in [2.45, 2.75) is 25.8 Å². The van der Waals surface area contributed by atoms with E-state index in [4.69, 9.17) is 15.2 Å². The Labute approximate surface area is 179 Å². The van der Waals surface area contributed by atoms with Gasteiger partial charge in [-0.1, -0.05) is 6.07 Å². The number of anilines is 1. The van der Waals surface area contributed by atoms with Crippen LogP contribution in [0.3, 0.4) is 0 Å². The summed E-state index contributed by atoms with van der Waals surface area (Å²) < 4.78 is 7.99. The molecule has 1 saturated heterocycles. The van der Waals surface area contributed by atoms with E-state index >= 15 is 0 Å². The van der Waals surface area contributed by atoms with E-state index in [0.29, 0.717) is 40.0 Å². The third-order valence-corrected chi connectivity index (χ3v) is 5.98. The molecule has 1 aliphatic heterocycles. The maximum Gasteiger partial charge on any atom is 0.231 e. The molecule has 0 amide bonds. The van der Waals surface area contributed by atoms with Gasteiger partial charge >= 0.3 is 0 Å². The number of benzene rings is 1. The van der Waals surface area contributed by atoms with Gasteiger partial charge < -0.3 is 15.1 Å². The molecule has 5 rings (SSSR count). The van der Waals surface area contributed by atoms with Gasteiger partial charge in [-0.2, -0.15) is 10.4 Å². The lowest BCUT2D eigenvalue weighted by Gasteiger charge is -2.29. The number of rotatable bonds is 3. The van der Waals surface area contributed by atoms with Crippen LogP contribution in [0.5, 0.6) is 0 Å². The summed E-state index contributed by atoms with van der Waals surface area (Å²) in [6.45, 7) is 4.17. The van der Waals surface area contributed by atoms with Crippen molar-refractivity contribution in [2.24, 2.45) is 0 Å². The molecule has 0 aliphatic carbocycles. The SMILES string of the molecule is Cc1nn(C2CCN(C)CC2)cc1-c1cnc(N)c(-c2nc3c(C#N)cccc3o2)c1. The van der Waals surface area contributed by atoms with Crippen LogP contribution in [0.1, 0.15) is 30.1 Å². The standard InChI is InChI=1S/C23H23N7O/c1-14-19(13-30(28-14)17-6-8-29(2)9-7-17)16-10-18(22(25)26-12-16)23-27-21-15(11-24)4-3-5-20(21)31-23/h3-5,10,12-13,17H,6-9H2,1-2H3,(H2,25,26). The fourth-order valence-electron chi connectivity index (χ4n) is 4.16. The Morgan fingerprint density at radius 2 is 2.03 bits per heavy atom. The fourth-order valence-corrected chi connectivity index (χ4v) is 4.16. The average Bonchev–Trinajstić information content (AvgIpc) is 3.38. The maximum atomic E-state index is 9.34. The number of nitriles is 1. The normalized spacial score (nSPS) is 15.4. The minimum atomic E-state index is 0.328. The maximum absolute atomic E-state index is 9.34. The van der Waals surface area contributed by atoms with Crippen LogP contribution in [0.2, 0.25) is 0 Å². The summed E-state index contributed by atoms with van der Waals surface area (Å²) in [4.78, 5) is 11.3. The van der Waals surface area contributed by atoms with Gasteiger partial charge in [0.05, 0.1) is 22.9 Å². The number of pyridine rings is 1. The number of likely N-dealkylation sites (tertiary alicyclic amines) is 1. The number of para-hydroxylation sites is 1. The van der Waals surface area contributed by atoms with E-state index in [-0.39, 0.29) is 0 Å². The number of nitrogen functional groups attached to an aromatic ring is 1. The molecule has 156 valence electrons. The van der Waals surface area contributed by atoms with Crippen LogP contribution in [0.4, 0.5) is 5.82 Å². The van der Waals surface area contributed by atoms with Crippen molar-refractivity contribution in [3.05, 3.63) is 47.9 Å². The first-order valence-electron chi connectivity index (χ1n) is 10.3. The molecular formula is C23H23N7O. The number of nitrogens with zero attached hydrogens (tertiary/aromatic N) is 6. The predicted octanol–water partition coefficient (Wildman–Crippen LogP) is 3.78. The summed E-state index contributed by atoms with van der Waals surface area (Å²) in [5.41, 5.74) is 11.2. The van der Waals surface area contributed by atoms with Gasteiger partial charge in [-0.15, -0.1) is 0 Å². The summed E-state index contributed by atoms with van der Waals surface area (Å²) >= 11 is 0. The van der Waals surface area contributed by atoms with Gasteiger partial charge in [-0.25, -0.2) is 9.97 Å². The van der Waals surface area contributed by atoms with Crippen molar-refractivity contribution in [1.82, 2.24) is 24.6 Å². The number of hydrogen-bond acceptors (Lipinski definition) is 7. The number of hydrogen-bond donors (Lipinski definition) is 1. The van der Waals surface area contributed by atoms with Crippen LogP contribution in [0.25, 0.3) is 33.7 Å². The van der Waals surface area contributed by atoms with Crippen LogP contribution in [0.15, 0.2) is 41.1 Å². The molecular weight excluding hydrogens is 390 g/mol. The third kappa shape index (κ3) is 3.43. The number of aryl methyl sites for hydroxylation is 1. The molecule has 0 unspecified atom stereocenters. The van der Waals surface area contributed by atoms with Crippen LogP contribution < -0.4 is 5.73 Å². The molecule has 0 atom stereocenters. The fraction of sp³-hybridized carbons (Fsp3) is 0.304. The number of nitrogens with two attached hydrogens (primary N) is 1. The largest absolute Gasteiger partial charge is 0.436 e. The Kier molecular flexibility index (Phi) is 4.68. The molecule has 0 spiro atoms. The van der Waals surface area contributed by atoms with Gasteiger partial charge in [-0.05, 0) is 58.1 Å². The smallest absolute Gasteiger partial charge is 0.231 e. The molecule has 3 aromatic heterocycles. The molecule has 0 bridgehead atoms. The zero-order chi connectivity index (χ0) is 21.5. The summed E-state index contributed by atoms with van der Waals surface area (Å²) in [5, 5.41) is 14.1. The van der Waals surface area contributed by atoms with Gasteiger partial charge in [0.25, 0.3) is 0 Å². The molecule has 0 radical (unpaired) electrons. The number of aromatic nitrogens is 4. The van der Waals surface area contributed by atoms with E-state index in [0.717, 1.165) is 42.8 Å². The van der Waals surface area contributed by atoms with Gasteiger partial charge in [-0.3, -0.25) is 4.68 Å². The molecule has 1 fully saturated rings. The van der Waals surface area contributed by atoms with Crippen molar-refractivity contribution in [3.8, 4) is 28.7 Å². The molecule has 31 heavy (non-hydrogen) atoms. The molecule has 2 N–H and O–H groups in total. The first kappa shape index (κ1) is 19.3. The topological polar surface area (TPSA) is 110 Å². The van der Waals surface area contributed by atoms with Crippen molar-refractivity contribution in [2.75, 3.05) is 25.9 Å². The summed E-state index contributed by atoms with van der Waals surface area (Å²) in [5.74, 6) is 0.680. The second-order valence-corrected chi connectivity index (χ2v) is 8.08. The van der Waals surface area contributed by atoms with Crippen LogP contribution in [0, 0.1) is 18.3 Å². The van der Waals surface area contributed by atoms with E-state index in [2.05, 4.69) is 38.9 Å². The highest BCUT2D eigenvalue weighted by Crippen LogP contribution is 2.33. The lowest BCUT2D eigenvalue weighted by atomic mass is 10.1. The van der Waals surface area contributed by atoms with Crippen molar-refractivity contribution >= 4 is 16.9 Å². The van der Waals surface area contributed by atoms with Gasteiger partial charge in [0.15, 0.2) is 5.58 Å². The van der Waals surface area contributed by atoms with Gasteiger partial charge in [0.2, 0.25) is 5.89 Å². The Hall–Kier alpha value is -3.70. The van der Waals surface area contributed by atoms with Crippen molar-refractivity contribution in [1.29, 1.82) is 5.26 Å². The Bertz CT molecular complexity index is 1310. The van der Waals surface area contributed by atoms with E-state index in [9.17, 15) is 5.26 Å². The highest BCUT2D eigenvalue weighted by Gasteiger charge is 2.21. The highest BCUT2D eigenvalue weighted by atomic mass is 16.3. The lowest BCUT2D eigenvalue weighted by Crippen LogP contribution is -2.31. The quantitative estimate of drug-likeness (QED) is 0.544. The van der Waals surface area contributed by atoms with Gasteiger partial charge in [0, 0.05) is 23.5 Å². The minimum Gasteiger partial charge on any atom is -0.436 e. The van der Waals surface area contributed by atoms with Crippen molar-refractivity contribution < 1.29 is 4.42 Å². The predicted molar refractivity (Wildman–Crippen MR) is 118 cm³/mol. The third-order valence-electron chi connectivity index (χ3n) is 5.98. The first-order chi connectivity index (χ1) is 15.0. The lowest BCUT2D eigenvalue weighted by molar-refractivity contribution is 0.212. The summed E-state index contributed by atoms with van der Waals surface area (Å²) in [6.07, 6.45) is 6.03. The summed E-state index contributed by atoms with van der Waals surface area (Å²) in [7, 11) is 2.16. The molecule has 8 heteroatoms. The number of piperidine rings is 1. The Balaban J connectivity index is 1.53. The van der Waals surface area contributed by atoms with E-state index in [1.165, 1.54) is 0 Å². The van der Waals surface area contributed by atoms with E-state index in [1.54, 1.807) is 24.4 Å². The number of fused-ring (bicyclic) bond motifs is 1. The first-order valence-corrected chi connectivity index (χ1v) is 10.3. The van der Waals surface area contributed by atoms with Crippen molar-refractivity contribution in [3.63, 3.8) is 0 Å². The molecule has 4 heterocycles. The zero-order valence-corrected chi connectivity index (χ0v) is 17.5. The van der Waals surface area contributed by atoms with E-state index in [1.807, 2.05) is 13.0 Å². The molecule has 8 nitrogen and oxygen atoms in total. The molecule has 0 saturated carbocycles. The average molecular weight is 413 g/mol.